The van der Waals surface area contributed by atoms with E-state index in [0.29, 0.717) is 0 Å². The highest BCUT2D eigenvalue weighted by molar-refractivity contribution is 7.54. The predicted octanol–water partition coefficient (Wildman–Crippen LogP) is 2.20. The number of fused-ring (bicyclic) bond motifs is 1. The molecule has 1 saturated heterocycles. The van der Waals surface area contributed by atoms with E-state index in [-0.39, 0.29) is 22.7 Å². The maximum absolute atomic E-state index is 14.1. The van der Waals surface area contributed by atoms with Crippen LogP contribution in [0.3, 0.4) is 0 Å². The molecule has 0 spiro atoms. The van der Waals surface area contributed by atoms with Gasteiger partial charge in [0.25, 0.3) is 5.56 Å². The van der Waals surface area contributed by atoms with Crippen LogP contribution in [0.2, 0.25) is 0 Å². The molecule has 41 heavy (non-hydrogen) atoms. The van der Waals surface area contributed by atoms with E-state index in [2.05, 4.69) is 21.8 Å². The Morgan fingerprint density at radius 2 is 2.05 bits per heavy atom. The van der Waals surface area contributed by atoms with Crippen LogP contribution in [0.5, 0.6) is 5.75 Å². The van der Waals surface area contributed by atoms with Gasteiger partial charge in [-0.25, -0.2) is 4.57 Å². The van der Waals surface area contributed by atoms with Gasteiger partial charge in [0.15, 0.2) is 17.5 Å². The third-order valence-electron chi connectivity index (χ3n) is 6.11. The maximum atomic E-state index is 14.1. The van der Waals surface area contributed by atoms with Crippen LogP contribution in [0.1, 0.15) is 36.7 Å². The Balaban J connectivity index is 1.71. The molecule has 220 valence electrons. The monoisotopic (exact) mass is 590 g/mol. The molecular weight excluding hydrogens is 555 g/mol. The van der Waals surface area contributed by atoms with Crippen LogP contribution in [-0.2, 0) is 23.4 Å². The first kappa shape index (κ1) is 27.5. The lowest BCUT2D eigenvalue weighted by molar-refractivity contribution is -0.151. The highest BCUT2D eigenvalue weighted by Crippen LogP contribution is 2.51. The minimum absolute atomic E-state index is 0.0347. The van der Waals surface area contributed by atoms with E-state index in [1.54, 1.807) is 32.0 Å². The highest BCUT2D eigenvalue weighted by Gasteiger charge is 2.56. The number of nitrogens with two attached hydrogens (primary N) is 1. The Hall–Kier alpha value is -3.66. The van der Waals surface area contributed by atoms with Crippen molar-refractivity contribution in [3.63, 3.8) is 0 Å². The number of carbonyl (C=O) groups excluding carboxylic acids is 1. The maximum Gasteiger partial charge on any atom is 0.380 e. The van der Waals surface area contributed by atoms with Crippen molar-refractivity contribution in [2.24, 2.45) is 5.92 Å². The number of ether oxygens (including phenoxy) is 2. The van der Waals surface area contributed by atoms with Gasteiger partial charge in [-0.2, -0.15) is 4.98 Å². The van der Waals surface area contributed by atoms with Crippen LogP contribution in [0.15, 0.2) is 47.4 Å². The minimum atomic E-state index is -4.55. The van der Waals surface area contributed by atoms with E-state index < -0.39 is 67.9 Å². The van der Waals surface area contributed by atoms with Crippen molar-refractivity contribution in [2.45, 2.75) is 57.8 Å². The van der Waals surface area contributed by atoms with Crippen molar-refractivity contribution < 1.29 is 40.8 Å². The zero-order valence-corrected chi connectivity index (χ0v) is 23.7. The Morgan fingerprint density at radius 3 is 2.71 bits per heavy atom. The van der Waals surface area contributed by atoms with Crippen LogP contribution in [0, 0.1) is 17.8 Å². The fourth-order valence-electron chi connectivity index (χ4n) is 4.27. The number of aromatic nitrogens is 3. The molecule has 14 heteroatoms. The summed E-state index contributed by atoms with van der Waals surface area (Å²) < 4.78 is 54.9. The molecule has 1 aromatic carbocycles. The average molecular weight is 591 g/mol. The number of nitrogens with one attached hydrogen (secondary N) is 1. The summed E-state index contributed by atoms with van der Waals surface area (Å²) in [6.07, 6.45) is -5.43. The van der Waals surface area contributed by atoms with Gasteiger partial charge in [0.05, 0.1) is 32.9 Å². The number of carbonyl (C=O) groups is 1. The number of aromatic amines is 1. The number of hydrogen-bond donors (Lipinski definition) is 4. The second-order valence-electron chi connectivity index (χ2n) is 9.76. The number of para-hydroxylation sites is 1. The third-order valence-corrected chi connectivity index (χ3v) is 7.98. The summed E-state index contributed by atoms with van der Waals surface area (Å²) in [6, 6.07) is 9.17. The van der Waals surface area contributed by atoms with Gasteiger partial charge in [0, 0.05) is 6.20 Å². The summed E-state index contributed by atoms with van der Waals surface area (Å²) in [5, 5.41) is 22.9. The van der Waals surface area contributed by atoms with Gasteiger partial charge in [0.1, 0.15) is 18.0 Å². The van der Waals surface area contributed by atoms with Crippen molar-refractivity contribution >= 4 is 30.5 Å². The quantitative estimate of drug-likeness (QED) is 0.154. The number of esters is 1. The fourth-order valence-corrected chi connectivity index (χ4v) is 5.99. The van der Waals surface area contributed by atoms with Crippen molar-refractivity contribution in [2.75, 3.05) is 18.5 Å². The molecule has 0 aliphatic carbocycles. The number of anilines is 1. The molecule has 1 fully saturated rings. The molecule has 3 heterocycles. The molecule has 1 unspecified atom stereocenters. The summed E-state index contributed by atoms with van der Waals surface area (Å²) in [4.78, 5) is 31.3. The minimum Gasteiger partial charge on any atom is -0.463 e. The SMILES string of the molecule is [2H]C([2H])(O[P@@](=O)(C[C@@H](C)C(=O)OC(C)C)Oc1ccccc1)[C@H]1O[C@@H](n2ccc3c(=O)[nH]c(N)nc32)C(O)(C#CC)[C@H]1O. The number of nitrogens with zero attached hydrogens (tertiary/aromatic N) is 2. The zero-order chi connectivity index (χ0) is 31.7. The molecule has 4 rings (SSSR count). The van der Waals surface area contributed by atoms with Crippen LogP contribution in [0.25, 0.3) is 11.0 Å². The molecule has 1 aliphatic heterocycles. The molecule has 0 saturated carbocycles. The molecular formula is C27H33N4O9P. The first-order valence-electron chi connectivity index (χ1n) is 13.7. The number of H-pyrrole nitrogens is 1. The zero-order valence-electron chi connectivity index (χ0n) is 24.8. The highest BCUT2D eigenvalue weighted by atomic mass is 31.2. The van der Waals surface area contributed by atoms with Gasteiger partial charge in [-0.15, -0.1) is 5.92 Å². The van der Waals surface area contributed by atoms with Gasteiger partial charge < -0.3 is 34.5 Å². The average Bonchev–Trinajstić information content (AvgIpc) is 3.42. The molecule has 2 aromatic heterocycles. The summed E-state index contributed by atoms with van der Waals surface area (Å²) >= 11 is 0. The lowest BCUT2D eigenvalue weighted by atomic mass is 9.94. The number of aliphatic hydroxyl groups excluding tert-OH is 1. The number of hydrogen-bond acceptors (Lipinski definition) is 11. The van der Waals surface area contributed by atoms with Gasteiger partial charge in [0.2, 0.25) is 5.95 Å². The standard InChI is InChI=1S/C27H33N4O9P/c1-5-12-27(35)21(32)20(39-25(27)31-13-11-19-22(31)29-26(28)30-23(19)33)14-37-41(36,40-18-9-7-6-8-10-18)15-17(4)24(34)38-16(2)3/h6-11,13,16-17,20-21,25,32,35H,14-15H2,1-4H3,(H3,28,29,30,33)/t17-,20-,21+,25-,27?,41+/m1/s1/i14D2. The summed E-state index contributed by atoms with van der Waals surface area (Å²) in [6.45, 7) is 2.99. The van der Waals surface area contributed by atoms with Gasteiger partial charge in [-0.1, -0.05) is 31.0 Å². The van der Waals surface area contributed by atoms with Crippen LogP contribution >= 0.6 is 7.60 Å². The van der Waals surface area contributed by atoms with Crippen molar-refractivity contribution in [3.05, 3.63) is 52.9 Å². The van der Waals surface area contributed by atoms with E-state index >= 15 is 0 Å². The largest absolute Gasteiger partial charge is 0.463 e. The number of rotatable bonds is 10. The van der Waals surface area contributed by atoms with Crippen LogP contribution < -0.4 is 15.8 Å². The second kappa shape index (κ2) is 12.1. The summed E-state index contributed by atoms with van der Waals surface area (Å²) in [5.41, 5.74) is 2.63. The van der Waals surface area contributed by atoms with Crippen molar-refractivity contribution in [3.8, 4) is 17.6 Å². The van der Waals surface area contributed by atoms with E-state index in [0.717, 1.165) is 0 Å². The molecule has 3 aromatic rings. The number of aliphatic hydroxyl groups is 2. The molecule has 1 aliphatic rings. The molecule has 0 amide bonds. The third kappa shape index (κ3) is 6.48. The molecule has 5 N–H and O–H groups in total. The molecule has 0 radical (unpaired) electrons. The number of benzene rings is 1. The Morgan fingerprint density at radius 1 is 1.34 bits per heavy atom. The Kier molecular flexibility index (Phi) is 8.09. The van der Waals surface area contributed by atoms with E-state index in [1.165, 1.54) is 42.8 Å². The summed E-state index contributed by atoms with van der Waals surface area (Å²) in [5.74, 6) is 3.03. The van der Waals surface area contributed by atoms with Crippen LogP contribution in [0.4, 0.5) is 5.95 Å². The molecule has 6 atom stereocenters. The van der Waals surface area contributed by atoms with Gasteiger partial charge in [-0.3, -0.25) is 19.1 Å². The normalized spacial score (nSPS) is 25.5. The second-order valence-corrected chi connectivity index (χ2v) is 11.7. The first-order valence-corrected chi connectivity index (χ1v) is 14.4. The smallest absolute Gasteiger partial charge is 0.380 e. The van der Waals surface area contributed by atoms with E-state index in [1.807, 2.05) is 0 Å². The number of nitrogen functional groups attached to an aromatic ring is 1. The molecule has 13 nitrogen and oxygen atoms in total. The Labute approximate surface area is 238 Å². The Bertz CT molecular complexity index is 1650. The topological polar surface area (TPSA) is 188 Å². The van der Waals surface area contributed by atoms with E-state index in [9.17, 15) is 24.4 Å². The first-order chi connectivity index (χ1) is 20.1. The fraction of sp³-hybridized carbons (Fsp3) is 0.444. The molecule has 0 bridgehead atoms. The van der Waals surface area contributed by atoms with Gasteiger partial charge >= 0.3 is 13.6 Å². The van der Waals surface area contributed by atoms with Crippen molar-refractivity contribution in [1.82, 2.24) is 14.5 Å². The van der Waals surface area contributed by atoms with E-state index in [4.69, 9.17) is 27.0 Å². The van der Waals surface area contributed by atoms with Crippen LogP contribution in [-0.4, -0.2) is 67.4 Å². The predicted molar refractivity (Wildman–Crippen MR) is 149 cm³/mol. The van der Waals surface area contributed by atoms with Gasteiger partial charge in [-0.05, 0) is 39.0 Å². The summed E-state index contributed by atoms with van der Waals surface area (Å²) in [7, 11) is -4.55. The lowest BCUT2D eigenvalue weighted by Gasteiger charge is -2.27. The lowest BCUT2D eigenvalue weighted by Crippen LogP contribution is -2.46. The van der Waals surface area contributed by atoms with Crippen molar-refractivity contribution in [1.29, 1.82) is 0 Å².